The van der Waals surface area contributed by atoms with Crippen LogP contribution in [-0.2, 0) is 17.9 Å². The van der Waals surface area contributed by atoms with Crippen LogP contribution in [0.4, 0.5) is 10.5 Å². The Balaban J connectivity index is 1.69. The minimum Gasteiger partial charge on any atom is -0.487 e. The number of para-hydroxylation sites is 1. The molecule has 0 saturated heterocycles. The molecule has 0 saturated carbocycles. The minimum absolute atomic E-state index is 0.261. The van der Waals surface area contributed by atoms with E-state index in [1.54, 1.807) is 34.4 Å². The van der Waals surface area contributed by atoms with Crippen LogP contribution in [0.15, 0.2) is 53.9 Å². The van der Waals surface area contributed by atoms with E-state index in [0.29, 0.717) is 36.7 Å². The van der Waals surface area contributed by atoms with Gasteiger partial charge < -0.3 is 19.7 Å². The van der Waals surface area contributed by atoms with E-state index in [1.807, 2.05) is 70.3 Å². The van der Waals surface area contributed by atoms with E-state index in [9.17, 15) is 9.59 Å². The first-order chi connectivity index (χ1) is 16.1. The van der Waals surface area contributed by atoms with Crippen LogP contribution in [0.3, 0.4) is 0 Å². The van der Waals surface area contributed by atoms with Gasteiger partial charge in [0, 0.05) is 23.2 Å². The fraction of sp³-hybridized carbons (Fsp3) is 0.346. The van der Waals surface area contributed by atoms with E-state index in [0.717, 1.165) is 16.3 Å². The summed E-state index contributed by atoms with van der Waals surface area (Å²) in [6.07, 6.45) is -0.392. The molecule has 1 N–H and O–H groups in total. The molecule has 2 amide bonds. The highest BCUT2D eigenvalue weighted by Crippen LogP contribution is 2.22. The highest BCUT2D eigenvalue weighted by molar-refractivity contribution is 7.09. The Kier molecular flexibility index (Phi) is 8.28. The van der Waals surface area contributed by atoms with Crippen LogP contribution in [-0.4, -0.2) is 34.0 Å². The van der Waals surface area contributed by atoms with Gasteiger partial charge in [0.15, 0.2) is 0 Å². The second-order valence-corrected chi connectivity index (χ2v) is 9.84. The average Bonchev–Trinajstić information content (AvgIpc) is 3.21. The largest absolute Gasteiger partial charge is 0.487 e. The Morgan fingerprint density at radius 1 is 1.12 bits per heavy atom. The molecule has 3 aromatic rings. The Morgan fingerprint density at radius 3 is 2.56 bits per heavy atom. The molecule has 0 bridgehead atoms. The molecule has 180 valence electrons. The van der Waals surface area contributed by atoms with E-state index >= 15 is 0 Å². The van der Waals surface area contributed by atoms with Crippen LogP contribution in [0.25, 0.3) is 0 Å². The number of benzene rings is 2. The molecule has 1 heterocycles. The Bertz CT molecular complexity index is 1140. The molecule has 1 aromatic heterocycles. The van der Waals surface area contributed by atoms with Crippen molar-refractivity contribution in [1.82, 2.24) is 9.88 Å². The lowest BCUT2D eigenvalue weighted by Crippen LogP contribution is -2.36. The molecule has 34 heavy (non-hydrogen) atoms. The molecule has 7 nitrogen and oxygen atoms in total. The smallest absolute Gasteiger partial charge is 0.410 e. The van der Waals surface area contributed by atoms with Crippen molar-refractivity contribution in [3.8, 4) is 5.75 Å². The molecule has 0 radical (unpaired) electrons. The maximum absolute atomic E-state index is 13.0. The molecule has 8 heteroatoms. The van der Waals surface area contributed by atoms with Crippen molar-refractivity contribution in [1.29, 1.82) is 0 Å². The SMILES string of the molecule is CCN(Cc1ccccc1NC(=O)c1cccc(OCc2csc(C)n2)c1)C(=O)OC(C)(C)C. The molecule has 0 aliphatic heterocycles. The van der Waals surface area contributed by atoms with Crippen LogP contribution in [0.5, 0.6) is 5.75 Å². The lowest BCUT2D eigenvalue weighted by atomic mass is 10.1. The number of hydrogen-bond donors (Lipinski definition) is 1. The molecule has 0 aliphatic rings. The third-order valence-electron chi connectivity index (χ3n) is 4.81. The zero-order valence-electron chi connectivity index (χ0n) is 20.3. The second kappa shape index (κ2) is 11.2. The first kappa shape index (κ1) is 25.2. The monoisotopic (exact) mass is 481 g/mol. The van der Waals surface area contributed by atoms with Gasteiger partial charge in [-0.3, -0.25) is 4.79 Å². The Hall–Kier alpha value is -3.39. The molecular weight excluding hydrogens is 450 g/mol. The maximum atomic E-state index is 13.0. The number of amides is 2. The number of carbonyl (C=O) groups is 2. The topological polar surface area (TPSA) is 80.8 Å². The summed E-state index contributed by atoms with van der Waals surface area (Å²) in [4.78, 5) is 31.5. The number of hydrogen-bond acceptors (Lipinski definition) is 6. The fourth-order valence-electron chi connectivity index (χ4n) is 3.17. The number of ether oxygens (including phenoxy) is 2. The predicted molar refractivity (Wildman–Crippen MR) is 134 cm³/mol. The number of thiazole rings is 1. The summed E-state index contributed by atoms with van der Waals surface area (Å²) in [5.41, 5.74) is 2.20. The van der Waals surface area contributed by atoms with E-state index < -0.39 is 11.7 Å². The van der Waals surface area contributed by atoms with Gasteiger partial charge in [0.2, 0.25) is 0 Å². The van der Waals surface area contributed by atoms with Gasteiger partial charge in [-0.1, -0.05) is 24.3 Å². The molecule has 0 fully saturated rings. The van der Waals surface area contributed by atoms with Gasteiger partial charge in [0.1, 0.15) is 18.0 Å². The maximum Gasteiger partial charge on any atom is 0.410 e. The summed E-state index contributed by atoms with van der Waals surface area (Å²) in [7, 11) is 0. The summed E-state index contributed by atoms with van der Waals surface area (Å²) in [6, 6.07) is 14.5. The predicted octanol–water partition coefficient (Wildman–Crippen LogP) is 6.04. The number of aryl methyl sites for hydroxylation is 1. The number of nitrogens with one attached hydrogen (secondary N) is 1. The van der Waals surface area contributed by atoms with Crippen molar-refractivity contribution in [2.24, 2.45) is 0 Å². The Morgan fingerprint density at radius 2 is 1.88 bits per heavy atom. The van der Waals surface area contributed by atoms with Crippen molar-refractivity contribution in [3.05, 3.63) is 75.7 Å². The highest BCUT2D eigenvalue weighted by Gasteiger charge is 2.22. The van der Waals surface area contributed by atoms with Crippen molar-refractivity contribution in [2.45, 2.75) is 53.4 Å². The zero-order valence-corrected chi connectivity index (χ0v) is 21.1. The summed E-state index contributed by atoms with van der Waals surface area (Å²) >= 11 is 1.57. The lowest BCUT2D eigenvalue weighted by molar-refractivity contribution is 0.0245. The summed E-state index contributed by atoms with van der Waals surface area (Å²) in [6.45, 7) is 10.5. The fourth-order valence-corrected chi connectivity index (χ4v) is 3.77. The lowest BCUT2D eigenvalue weighted by Gasteiger charge is -2.27. The van der Waals surface area contributed by atoms with Crippen molar-refractivity contribution in [3.63, 3.8) is 0 Å². The van der Waals surface area contributed by atoms with Crippen LogP contribution < -0.4 is 10.1 Å². The van der Waals surface area contributed by atoms with Crippen molar-refractivity contribution in [2.75, 3.05) is 11.9 Å². The third kappa shape index (κ3) is 7.31. The molecule has 2 aromatic carbocycles. The first-order valence-corrected chi connectivity index (χ1v) is 12.0. The van der Waals surface area contributed by atoms with Gasteiger partial charge in [0.05, 0.1) is 17.2 Å². The van der Waals surface area contributed by atoms with Gasteiger partial charge >= 0.3 is 6.09 Å². The molecule has 0 aliphatic carbocycles. The first-order valence-electron chi connectivity index (χ1n) is 11.2. The molecule has 0 unspecified atom stereocenters. The highest BCUT2D eigenvalue weighted by atomic mass is 32.1. The average molecular weight is 482 g/mol. The number of rotatable bonds is 8. The van der Waals surface area contributed by atoms with Crippen LogP contribution in [0.2, 0.25) is 0 Å². The van der Waals surface area contributed by atoms with Crippen molar-refractivity contribution < 1.29 is 19.1 Å². The van der Waals surface area contributed by atoms with Crippen molar-refractivity contribution >= 4 is 29.0 Å². The van der Waals surface area contributed by atoms with E-state index in [1.165, 1.54) is 0 Å². The summed E-state index contributed by atoms with van der Waals surface area (Å²) in [5.74, 6) is 0.330. The quantitative estimate of drug-likeness (QED) is 0.424. The summed E-state index contributed by atoms with van der Waals surface area (Å²) < 4.78 is 11.3. The van der Waals surface area contributed by atoms with E-state index in [-0.39, 0.29) is 5.91 Å². The molecule has 0 atom stereocenters. The number of nitrogens with zero attached hydrogens (tertiary/aromatic N) is 2. The standard InChI is InChI=1S/C26H31N3O4S/c1-6-29(25(31)33-26(3,4)5)15-20-10-7-8-13-23(20)28-24(30)19-11-9-12-22(14-19)32-16-21-17-34-18(2)27-21/h7-14,17H,6,15-16H2,1-5H3,(H,28,30). The number of anilines is 1. The van der Waals surface area contributed by atoms with Gasteiger partial charge in [-0.2, -0.15) is 0 Å². The molecule has 0 spiro atoms. The van der Waals surface area contributed by atoms with Gasteiger partial charge in [0.25, 0.3) is 5.91 Å². The van der Waals surface area contributed by atoms with Gasteiger partial charge in [-0.15, -0.1) is 11.3 Å². The minimum atomic E-state index is -0.580. The third-order valence-corrected chi connectivity index (χ3v) is 5.63. The summed E-state index contributed by atoms with van der Waals surface area (Å²) in [5, 5.41) is 5.91. The normalized spacial score (nSPS) is 11.1. The van der Waals surface area contributed by atoms with Crippen LogP contribution >= 0.6 is 11.3 Å². The second-order valence-electron chi connectivity index (χ2n) is 8.78. The molecular formula is C26H31N3O4S. The number of carbonyl (C=O) groups excluding carboxylic acids is 2. The van der Waals surface area contributed by atoms with Crippen LogP contribution in [0, 0.1) is 6.92 Å². The van der Waals surface area contributed by atoms with Gasteiger partial charge in [-0.05, 0) is 64.4 Å². The van der Waals surface area contributed by atoms with E-state index in [4.69, 9.17) is 9.47 Å². The Labute approximate surface area is 204 Å². The van der Waals surface area contributed by atoms with Gasteiger partial charge in [-0.25, -0.2) is 9.78 Å². The zero-order chi connectivity index (χ0) is 24.7. The van der Waals surface area contributed by atoms with E-state index in [2.05, 4.69) is 10.3 Å². The number of aromatic nitrogens is 1. The molecule has 3 rings (SSSR count). The van der Waals surface area contributed by atoms with Crippen LogP contribution in [0.1, 0.15) is 54.3 Å².